The summed E-state index contributed by atoms with van der Waals surface area (Å²) < 4.78 is 1.73. The van der Waals surface area contributed by atoms with Gasteiger partial charge in [-0.25, -0.2) is 4.98 Å². The van der Waals surface area contributed by atoms with E-state index < -0.39 is 0 Å². The quantitative estimate of drug-likeness (QED) is 0.640. The second kappa shape index (κ2) is 7.12. The number of halogens is 2. The Hall–Kier alpha value is -0.580. The molecule has 5 heteroatoms. The normalized spacial score (nSPS) is 11.4. The van der Waals surface area contributed by atoms with Crippen LogP contribution in [0.25, 0.3) is 0 Å². The molecule has 2 nitrogen and oxygen atoms in total. The molecule has 1 N–H and O–H groups in total. The molecule has 0 fully saturated rings. The Labute approximate surface area is 144 Å². The van der Waals surface area contributed by atoms with Gasteiger partial charge < -0.3 is 5.32 Å². The lowest BCUT2D eigenvalue weighted by atomic mass is 9.92. The number of anilines is 1. The van der Waals surface area contributed by atoms with Crippen molar-refractivity contribution in [3.63, 3.8) is 0 Å². The molecule has 0 saturated carbocycles. The number of nitrogens with zero attached hydrogens (tertiary/aromatic N) is 1. The average molecular weight is 388 g/mol. The van der Waals surface area contributed by atoms with E-state index in [-0.39, 0.29) is 0 Å². The Balaban J connectivity index is 2.35. The standard InChI is InChI=1S/C16H20BrClN2S/c1-9(2)13-5-11(17)6-14(10(3)4)15(13)19-7-12-8-20-16(18)21-12/h5-6,8-10,19H,7H2,1-4H3. The van der Waals surface area contributed by atoms with Gasteiger partial charge in [0.05, 0.1) is 6.54 Å². The fourth-order valence-electron chi connectivity index (χ4n) is 2.31. The minimum absolute atomic E-state index is 0.465. The van der Waals surface area contributed by atoms with Gasteiger partial charge in [0.15, 0.2) is 4.47 Å². The van der Waals surface area contributed by atoms with Crippen LogP contribution in [0, 0.1) is 0 Å². The van der Waals surface area contributed by atoms with Crippen LogP contribution in [0.3, 0.4) is 0 Å². The van der Waals surface area contributed by atoms with Crippen LogP contribution in [0.2, 0.25) is 4.47 Å². The third-order valence-corrected chi connectivity index (χ3v) is 4.95. The first kappa shape index (κ1) is 16.8. The molecule has 21 heavy (non-hydrogen) atoms. The molecule has 0 atom stereocenters. The summed E-state index contributed by atoms with van der Waals surface area (Å²) in [5, 5.41) is 3.59. The Morgan fingerprint density at radius 1 is 1.19 bits per heavy atom. The lowest BCUT2D eigenvalue weighted by Gasteiger charge is -2.21. The third-order valence-electron chi connectivity index (χ3n) is 3.37. The summed E-state index contributed by atoms with van der Waals surface area (Å²) in [4.78, 5) is 5.24. The van der Waals surface area contributed by atoms with Gasteiger partial charge in [0.25, 0.3) is 0 Å². The number of aromatic nitrogens is 1. The number of hydrogen-bond acceptors (Lipinski definition) is 3. The summed E-state index contributed by atoms with van der Waals surface area (Å²) >= 11 is 11.1. The van der Waals surface area contributed by atoms with Gasteiger partial charge in [-0.1, -0.05) is 55.2 Å². The highest BCUT2D eigenvalue weighted by atomic mass is 79.9. The highest BCUT2D eigenvalue weighted by Crippen LogP contribution is 2.36. The Kier molecular flexibility index (Phi) is 5.69. The number of rotatable bonds is 5. The van der Waals surface area contributed by atoms with Crippen molar-refractivity contribution in [3.8, 4) is 0 Å². The van der Waals surface area contributed by atoms with Gasteiger partial charge >= 0.3 is 0 Å². The van der Waals surface area contributed by atoms with Crippen molar-refractivity contribution in [3.05, 3.63) is 43.3 Å². The van der Waals surface area contributed by atoms with E-state index in [1.807, 2.05) is 6.20 Å². The van der Waals surface area contributed by atoms with Gasteiger partial charge in [-0.3, -0.25) is 0 Å². The maximum atomic E-state index is 5.90. The van der Waals surface area contributed by atoms with Crippen LogP contribution in [0.1, 0.15) is 55.5 Å². The second-order valence-corrected chi connectivity index (χ2v) is 8.31. The van der Waals surface area contributed by atoms with Gasteiger partial charge in [0, 0.05) is 21.2 Å². The third kappa shape index (κ3) is 4.21. The van der Waals surface area contributed by atoms with E-state index in [0.717, 1.165) is 15.9 Å². The van der Waals surface area contributed by atoms with E-state index in [4.69, 9.17) is 11.6 Å². The summed E-state index contributed by atoms with van der Waals surface area (Å²) in [6.07, 6.45) is 1.84. The summed E-state index contributed by atoms with van der Waals surface area (Å²) in [7, 11) is 0. The number of benzene rings is 1. The Morgan fingerprint density at radius 3 is 2.19 bits per heavy atom. The monoisotopic (exact) mass is 386 g/mol. The fourth-order valence-corrected chi connectivity index (χ4v) is 3.72. The number of nitrogens with one attached hydrogen (secondary N) is 1. The minimum atomic E-state index is 0.465. The molecule has 0 aliphatic rings. The zero-order valence-corrected chi connectivity index (χ0v) is 15.9. The largest absolute Gasteiger partial charge is 0.380 e. The minimum Gasteiger partial charge on any atom is -0.380 e. The molecule has 114 valence electrons. The molecule has 0 saturated heterocycles. The molecule has 0 spiro atoms. The van der Waals surface area contributed by atoms with Crippen LogP contribution in [0.4, 0.5) is 5.69 Å². The van der Waals surface area contributed by atoms with E-state index >= 15 is 0 Å². The molecule has 0 aliphatic carbocycles. The first-order chi connectivity index (χ1) is 9.88. The van der Waals surface area contributed by atoms with Crippen molar-refractivity contribution in [2.24, 2.45) is 0 Å². The lowest BCUT2D eigenvalue weighted by molar-refractivity contribution is 0.831. The molecular weight excluding hydrogens is 368 g/mol. The highest BCUT2D eigenvalue weighted by molar-refractivity contribution is 9.10. The maximum absolute atomic E-state index is 5.90. The van der Waals surface area contributed by atoms with E-state index in [9.17, 15) is 0 Å². The Morgan fingerprint density at radius 2 is 1.76 bits per heavy atom. The first-order valence-corrected chi connectivity index (χ1v) is 9.04. The summed E-state index contributed by atoms with van der Waals surface area (Å²) in [5.74, 6) is 0.931. The topological polar surface area (TPSA) is 24.9 Å². The van der Waals surface area contributed by atoms with Crippen molar-refractivity contribution in [2.45, 2.75) is 46.1 Å². The molecule has 0 unspecified atom stereocenters. The SMILES string of the molecule is CC(C)c1cc(Br)cc(C(C)C)c1NCc1cnc(Cl)s1. The van der Waals surface area contributed by atoms with Gasteiger partial charge in [0.2, 0.25) is 0 Å². The molecule has 0 amide bonds. The molecular formula is C16H20BrClN2S. The van der Waals surface area contributed by atoms with Crippen LogP contribution in [-0.2, 0) is 6.54 Å². The van der Waals surface area contributed by atoms with Gasteiger partial charge in [-0.15, -0.1) is 11.3 Å². The van der Waals surface area contributed by atoms with E-state index in [1.165, 1.54) is 28.2 Å². The fraction of sp³-hybridized carbons (Fsp3) is 0.438. The average Bonchev–Trinajstić information content (AvgIpc) is 2.81. The van der Waals surface area contributed by atoms with E-state index in [2.05, 4.69) is 66.1 Å². The van der Waals surface area contributed by atoms with Crippen LogP contribution in [-0.4, -0.2) is 4.98 Å². The highest BCUT2D eigenvalue weighted by Gasteiger charge is 2.15. The zero-order valence-electron chi connectivity index (χ0n) is 12.7. The van der Waals surface area contributed by atoms with Crippen molar-refractivity contribution < 1.29 is 0 Å². The molecule has 0 bridgehead atoms. The molecule has 0 aliphatic heterocycles. The van der Waals surface area contributed by atoms with Gasteiger partial charge in [-0.2, -0.15) is 0 Å². The molecule has 0 radical (unpaired) electrons. The zero-order chi connectivity index (χ0) is 15.6. The summed E-state index contributed by atoms with van der Waals surface area (Å²) in [5.41, 5.74) is 3.92. The number of thiazole rings is 1. The predicted octanol–water partition coefficient (Wildman–Crippen LogP) is 6.42. The van der Waals surface area contributed by atoms with Gasteiger partial charge in [-0.05, 0) is 35.1 Å². The summed E-state index contributed by atoms with van der Waals surface area (Å²) in [6.45, 7) is 9.65. The Bertz CT molecular complexity index is 593. The predicted molar refractivity (Wildman–Crippen MR) is 96.8 cm³/mol. The maximum Gasteiger partial charge on any atom is 0.183 e. The van der Waals surface area contributed by atoms with Crippen LogP contribution in [0.15, 0.2) is 22.8 Å². The molecule has 2 aromatic rings. The molecule has 1 aromatic heterocycles. The lowest BCUT2D eigenvalue weighted by Crippen LogP contribution is -2.07. The van der Waals surface area contributed by atoms with Crippen molar-refractivity contribution >= 4 is 44.6 Å². The van der Waals surface area contributed by atoms with Crippen molar-refractivity contribution in [1.82, 2.24) is 4.98 Å². The smallest absolute Gasteiger partial charge is 0.183 e. The van der Waals surface area contributed by atoms with Crippen LogP contribution in [0.5, 0.6) is 0 Å². The first-order valence-electron chi connectivity index (χ1n) is 7.06. The molecule has 2 rings (SSSR count). The van der Waals surface area contributed by atoms with Gasteiger partial charge in [0.1, 0.15) is 0 Å². The van der Waals surface area contributed by atoms with E-state index in [1.54, 1.807) is 0 Å². The second-order valence-electron chi connectivity index (χ2n) is 5.70. The van der Waals surface area contributed by atoms with Crippen LogP contribution >= 0.6 is 38.9 Å². The summed E-state index contributed by atoms with van der Waals surface area (Å²) in [6, 6.07) is 4.41. The van der Waals surface area contributed by atoms with Crippen molar-refractivity contribution in [1.29, 1.82) is 0 Å². The van der Waals surface area contributed by atoms with Crippen molar-refractivity contribution in [2.75, 3.05) is 5.32 Å². The number of hydrogen-bond donors (Lipinski definition) is 1. The van der Waals surface area contributed by atoms with Crippen LogP contribution < -0.4 is 5.32 Å². The molecule has 1 heterocycles. The van der Waals surface area contributed by atoms with E-state index in [0.29, 0.717) is 16.3 Å². The molecule has 1 aromatic carbocycles.